The topological polar surface area (TPSA) is 0 Å². The summed E-state index contributed by atoms with van der Waals surface area (Å²) in [6.07, 6.45) is 2.08. The van der Waals surface area contributed by atoms with Gasteiger partial charge in [0, 0.05) is 0 Å². The smallest absolute Gasteiger partial charge is 0.142 e. The molecule has 0 atom stereocenters. The highest BCUT2D eigenvalue weighted by Gasteiger charge is 2.08. The van der Waals surface area contributed by atoms with Crippen LogP contribution in [0.2, 0.25) is 5.02 Å². The van der Waals surface area contributed by atoms with E-state index in [1.165, 1.54) is 0 Å². The molecule has 0 aliphatic rings. The van der Waals surface area contributed by atoms with Gasteiger partial charge in [-0.2, -0.15) is 0 Å². The Balaban J connectivity index is 2.95. The molecule has 0 spiro atoms. The summed E-state index contributed by atoms with van der Waals surface area (Å²) < 4.78 is 13.1. The molecule has 1 aromatic rings. The number of rotatable bonds is 3. The second-order valence-corrected chi connectivity index (χ2v) is 3.59. The first-order valence-electron chi connectivity index (χ1n) is 4.64. The standard InChI is InChI=1S/C11H14ClF/c1-3-8(4-2)9-5-6-10(12)11(13)7-9/h5-8H,3-4H2,1-2H3. The van der Waals surface area contributed by atoms with Crippen molar-refractivity contribution in [3.05, 3.63) is 34.6 Å². The molecule has 0 nitrogen and oxygen atoms in total. The minimum atomic E-state index is -0.314. The largest absolute Gasteiger partial charge is 0.205 e. The van der Waals surface area contributed by atoms with Crippen LogP contribution in [-0.4, -0.2) is 0 Å². The van der Waals surface area contributed by atoms with Crippen LogP contribution < -0.4 is 0 Å². The van der Waals surface area contributed by atoms with Crippen molar-refractivity contribution in [3.8, 4) is 0 Å². The van der Waals surface area contributed by atoms with Gasteiger partial charge in [-0.05, 0) is 36.5 Å². The van der Waals surface area contributed by atoms with Gasteiger partial charge in [-0.3, -0.25) is 0 Å². The summed E-state index contributed by atoms with van der Waals surface area (Å²) in [7, 11) is 0. The number of hydrogen-bond donors (Lipinski definition) is 0. The van der Waals surface area contributed by atoms with Gasteiger partial charge >= 0.3 is 0 Å². The predicted octanol–water partition coefficient (Wildman–Crippen LogP) is 4.38. The molecule has 2 heteroatoms. The summed E-state index contributed by atoms with van der Waals surface area (Å²) in [5, 5.41) is 0.203. The van der Waals surface area contributed by atoms with Crippen molar-refractivity contribution >= 4 is 11.6 Å². The molecule has 0 N–H and O–H groups in total. The summed E-state index contributed by atoms with van der Waals surface area (Å²) in [6, 6.07) is 5.08. The van der Waals surface area contributed by atoms with Crippen LogP contribution in [0.3, 0.4) is 0 Å². The zero-order valence-corrected chi connectivity index (χ0v) is 8.74. The van der Waals surface area contributed by atoms with Gasteiger partial charge in [0.25, 0.3) is 0 Å². The van der Waals surface area contributed by atoms with Gasteiger partial charge in [0.1, 0.15) is 5.82 Å². The van der Waals surface area contributed by atoms with Crippen LogP contribution in [0.15, 0.2) is 18.2 Å². The summed E-state index contributed by atoms with van der Waals surface area (Å²) in [6.45, 7) is 4.22. The third kappa shape index (κ3) is 2.44. The van der Waals surface area contributed by atoms with E-state index in [1.54, 1.807) is 12.1 Å². The number of benzene rings is 1. The average molecular weight is 201 g/mol. The minimum absolute atomic E-state index is 0.203. The van der Waals surface area contributed by atoms with E-state index in [0.29, 0.717) is 5.92 Å². The van der Waals surface area contributed by atoms with Crippen molar-refractivity contribution < 1.29 is 4.39 Å². The first kappa shape index (κ1) is 10.5. The second-order valence-electron chi connectivity index (χ2n) is 3.19. The molecule has 0 heterocycles. The monoisotopic (exact) mass is 200 g/mol. The third-order valence-corrected chi connectivity index (χ3v) is 2.71. The van der Waals surface area contributed by atoms with Crippen molar-refractivity contribution in [1.82, 2.24) is 0 Å². The zero-order valence-electron chi connectivity index (χ0n) is 7.98. The Kier molecular flexibility index (Phi) is 3.73. The molecule has 0 fully saturated rings. The molecule has 72 valence electrons. The Bertz CT molecular complexity index is 279. The van der Waals surface area contributed by atoms with Crippen molar-refractivity contribution in [1.29, 1.82) is 0 Å². The van der Waals surface area contributed by atoms with E-state index in [4.69, 9.17) is 11.6 Å². The molecular weight excluding hydrogens is 187 g/mol. The molecule has 0 aliphatic heterocycles. The van der Waals surface area contributed by atoms with Crippen molar-refractivity contribution in [2.24, 2.45) is 0 Å². The first-order valence-corrected chi connectivity index (χ1v) is 5.01. The van der Waals surface area contributed by atoms with E-state index in [2.05, 4.69) is 13.8 Å². The molecule has 0 unspecified atom stereocenters. The molecule has 0 amide bonds. The first-order chi connectivity index (χ1) is 6.19. The van der Waals surface area contributed by atoms with Crippen molar-refractivity contribution in [2.45, 2.75) is 32.6 Å². The van der Waals surface area contributed by atoms with Gasteiger partial charge < -0.3 is 0 Å². The quantitative estimate of drug-likeness (QED) is 0.679. The summed E-state index contributed by atoms with van der Waals surface area (Å²) >= 11 is 5.60. The molecule has 1 aromatic carbocycles. The highest BCUT2D eigenvalue weighted by atomic mass is 35.5. The SMILES string of the molecule is CCC(CC)c1ccc(Cl)c(F)c1. The zero-order chi connectivity index (χ0) is 9.84. The average Bonchev–Trinajstić information content (AvgIpc) is 2.13. The van der Waals surface area contributed by atoms with E-state index in [-0.39, 0.29) is 10.8 Å². The van der Waals surface area contributed by atoms with Crippen LogP contribution in [0.5, 0.6) is 0 Å². The minimum Gasteiger partial charge on any atom is -0.205 e. The fourth-order valence-electron chi connectivity index (χ4n) is 1.53. The molecule has 0 saturated carbocycles. The Morgan fingerprint density at radius 1 is 1.31 bits per heavy atom. The molecule has 0 radical (unpaired) electrons. The van der Waals surface area contributed by atoms with Crippen LogP contribution in [0, 0.1) is 5.82 Å². The normalized spacial score (nSPS) is 10.8. The fourth-order valence-corrected chi connectivity index (χ4v) is 1.64. The van der Waals surface area contributed by atoms with Gasteiger partial charge in [0.2, 0.25) is 0 Å². The van der Waals surface area contributed by atoms with E-state index < -0.39 is 0 Å². The maximum Gasteiger partial charge on any atom is 0.142 e. The molecule has 0 saturated heterocycles. The van der Waals surface area contributed by atoms with Crippen LogP contribution in [0.25, 0.3) is 0 Å². The molecule has 0 aliphatic carbocycles. The van der Waals surface area contributed by atoms with E-state index in [0.717, 1.165) is 18.4 Å². The van der Waals surface area contributed by atoms with Gasteiger partial charge in [0.15, 0.2) is 0 Å². The Morgan fingerprint density at radius 2 is 1.92 bits per heavy atom. The molecule has 0 bridgehead atoms. The highest BCUT2D eigenvalue weighted by molar-refractivity contribution is 6.30. The van der Waals surface area contributed by atoms with Crippen LogP contribution >= 0.6 is 11.6 Å². The molecule has 1 rings (SSSR count). The van der Waals surface area contributed by atoms with Gasteiger partial charge in [-0.1, -0.05) is 31.5 Å². The highest BCUT2D eigenvalue weighted by Crippen LogP contribution is 2.25. The maximum absolute atomic E-state index is 13.1. The lowest BCUT2D eigenvalue weighted by Gasteiger charge is -2.12. The van der Waals surface area contributed by atoms with Gasteiger partial charge in [-0.25, -0.2) is 4.39 Å². The van der Waals surface area contributed by atoms with Crippen molar-refractivity contribution in [3.63, 3.8) is 0 Å². The lowest BCUT2D eigenvalue weighted by atomic mass is 9.94. The maximum atomic E-state index is 13.1. The van der Waals surface area contributed by atoms with Crippen LogP contribution in [0.4, 0.5) is 4.39 Å². The Morgan fingerprint density at radius 3 is 2.38 bits per heavy atom. The molecule has 0 aromatic heterocycles. The molecule has 13 heavy (non-hydrogen) atoms. The lowest BCUT2D eigenvalue weighted by molar-refractivity contribution is 0.606. The van der Waals surface area contributed by atoms with Crippen molar-refractivity contribution in [2.75, 3.05) is 0 Å². The van der Waals surface area contributed by atoms with Crippen LogP contribution in [-0.2, 0) is 0 Å². The van der Waals surface area contributed by atoms with E-state index in [9.17, 15) is 4.39 Å². The Hall–Kier alpha value is -0.560. The number of hydrogen-bond acceptors (Lipinski definition) is 0. The lowest BCUT2D eigenvalue weighted by Crippen LogP contribution is -1.95. The van der Waals surface area contributed by atoms with E-state index in [1.807, 2.05) is 6.07 Å². The second kappa shape index (κ2) is 4.61. The summed E-state index contributed by atoms with van der Waals surface area (Å²) in [5.41, 5.74) is 1.05. The summed E-state index contributed by atoms with van der Waals surface area (Å²) in [4.78, 5) is 0. The molecular formula is C11H14ClF. The summed E-state index contributed by atoms with van der Waals surface area (Å²) in [5.74, 6) is 0.137. The van der Waals surface area contributed by atoms with Crippen LogP contribution in [0.1, 0.15) is 38.2 Å². The fraction of sp³-hybridized carbons (Fsp3) is 0.455. The number of halogens is 2. The third-order valence-electron chi connectivity index (χ3n) is 2.40. The Labute approximate surface area is 83.7 Å². The van der Waals surface area contributed by atoms with Gasteiger partial charge in [-0.15, -0.1) is 0 Å². The van der Waals surface area contributed by atoms with E-state index >= 15 is 0 Å². The predicted molar refractivity (Wildman–Crippen MR) is 54.7 cm³/mol. The van der Waals surface area contributed by atoms with Gasteiger partial charge in [0.05, 0.1) is 5.02 Å².